The molecule has 1 aliphatic rings. The highest BCUT2D eigenvalue weighted by atomic mass is 35.5. The Morgan fingerprint density at radius 2 is 1.76 bits per heavy atom. The highest BCUT2D eigenvalue weighted by Gasteiger charge is 2.26. The van der Waals surface area contributed by atoms with Crippen LogP contribution in [0.15, 0.2) is 54.6 Å². The van der Waals surface area contributed by atoms with Crippen molar-refractivity contribution in [2.75, 3.05) is 18.6 Å². The molecule has 0 unspecified atom stereocenters. The van der Waals surface area contributed by atoms with E-state index in [4.69, 9.17) is 21.1 Å². The van der Waals surface area contributed by atoms with Crippen LogP contribution in [-0.4, -0.2) is 42.9 Å². The first kappa shape index (κ1) is 19.8. The predicted octanol–water partition coefficient (Wildman–Crippen LogP) is 4.16. The number of methoxy groups -OCH3 is 1. The van der Waals surface area contributed by atoms with Crippen LogP contribution in [0.3, 0.4) is 0 Å². The molecule has 152 valence electrons. The molecule has 8 heteroatoms. The second-order valence-corrected chi connectivity index (χ2v) is 9.67. The van der Waals surface area contributed by atoms with Crippen LogP contribution in [0.2, 0.25) is 5.02 Å². The maximum absolute atomic E-state index is 11.7. The van der Waals surface area contributed by atoms with E-state index in [0.29, 0.717) is 29.5 Å². The highest BCUT2D eigenvalue weighted by Crippen LogP contribution is 2.32. The van der Waals surface area contributed by atoms with Gasteiger partial charge < -0.3 is 9.47 Å². The summed E-state index contributed by atoms with van der Waals surface area (Å²) in [5.74, 6) is 1.43. The minimum Gasteiger partial charge on any atom is -0.494 e. The molecule has 1 aliphatic heterocycles. The third-order valence-electron chi connectivity index (χ3n) is 4.93. The van der Waals surface area contributed by atoms with Crippen molar-refractivity contribution in [3.63, 3.8) is 0 Å². The first-order valence-electron chi connectivity index (χ1n) is 9.32. The fourth-order valence-corrected chi connectivity index (χ4v) is 4.96. The van der Waals surface area contributed by atoms with Gasteiger partial charge in [0.1, 0.15) is 17.5 Å². The predicted molar refractivity (Wildman–Crippen MR) is 113 cm³/mol. The Bertz CT molecular complexity index is 1100. The van der Waals surface area contributed by atoms with Gasteiger partial charge in [0, 0.05) is 16.7 Å². The van der Waals surface area contributed by atoms with Crippen molar-refractivity contribution in [3.8, 4) is 28.6 Å². The lowest BCUT2D eigenvalue weighted by Crippen LogP contribution is -2.30. The fraction of sp³-hybridized carbons (Fsp3) is 0.286. The summed E-state index contributed by atoms with van der Waals surface area (Å²) in [5.41, 5.74) is 2.53. The maximum Gasteiger partial charge on any atom is 0.234 e. The zero-order chi connectivity index (χ0) is 20.4. The molecule has 6 nitrogen and oxygen atoms in total. The minimum atomic E-state index is -2.94. The quantitative estimate of drug-likeness (QED) is 0.605. The Morgan fingerprint density at radius 1 is 1.07 bits per heavy atom. The number of hydrogen-bond acceptors (Lipinski definition) is 5. The smallest absolute Gasteiger partial charge is 0.234 e. The van der Waals surface area contributed by atoms with E-state index in [-0.39, 0.29) is 17.6 Å². The number of para-hydroxylation sites is 2. The summed E-state index contributed by atoms with van der Waals surface area (Å²) < 4.78 is 36.7. The minimum absolute atomic E-state index is 0.148. The monoisotopic (exact) mass is 432 g/mol. The zero-order valence-electron chi connectivity index (χ0n) is 15.9. The van der Waals surface area contributed by atoms with E-state index in [0.717, 1.165) is 16.9 Å². The van der Waals surface area contributed by atoms with Crippen LogP contribution in [0.1, 0.15) is 12.8 Å². The Hall–Kier alpha value is -2.51. The molecule has 4 rings (SSSR count). The number of sulfone groups is 1. The van der Waals surface area contributed by atoms with Gasteiger partial charge in [-0.2, -0.15) is 0 Å². The summed E-state index contributed by atoms with van der Waals surface area (Å²) in [6, 6.07) is 16.9. The summed E-state index contributed by atoms with van der Waals surface area (Å²) in [6.07, 6.45) is 0.776. The average molecular weight is 433 g/mol. The Labute approximate surface area is 174 Å². The van der Waals surface area contributed by atoms with Crippen molar-refractivity contribution in [2.45, 2.75) is 18.9 Å². The normalized spacial score (nSPS) is 16.5. The summed E-state index contributed by atoms with van der Waals surface area (Å²) in [4.78, 5) is 0. The summed E-state index contributed by atoms with van der Waals surface area (Å²) in [5, 5.41) is 5.30. The first-order valence-corrected chi connectivity index (χ1v) is 11.5. The Morgan fingerprint density at radius 3 is 2.45 bits per heavy atom. The van der Waals surface area contributed by atoms with Crippen LogP contribution < -0.4 is 9.47 Å². The number of ether oxygens (including phenoxy) is 2. The molecule has 0 atom stereocenters. The number of halogens is 1. The molecule has 0 spiro atoms. The van der Waals surface area contributed by atoms with Gasteiger partial charge in [0.25, 0.3) is 0 Å². The van der Waals surface area contributed by atoms with Crippen molar-refractivity contribution in [1.82, 2.24) is 9.78 Å². The van der Waals surface area contributed by atoms with E-state index in [1.54, 1.807) is 11.8 Å². The SMILES string of the molecule is COc1ccccc1-n1nc(OC2CCS(=O)(=O)CC2)cc1-c1ccc(Cl)cc1. The van der Waals surface area contributed by atoms with Crippen LogP contribution in [0.25, 0.3) is 16.9 Å². The van der Waals surface area contributed by atoms with Crippen molar-refractivity contribution >= 4 is 21.4 Å². The van der Waals surface area contributed by atoms with Crippen molar-refractivity contribution in [2.24, 2.45) is 0 Å². The maximum atomic E-state index is 11.7. The van der Waals surface area contributed by atoms with Crippen molar-refractivity contribution in [3.05, 3.63) is 59.6 Å². The largest absolute Gasteiger partial charge is 0.494 e. The van der Waals surface area contributed by atoms with Gasteiger partial charge in [-0.05, 0) is 37.1 Å². The molecule has 0 amide bonds. The van der Waals surface area contributed by atoms with E-state index in [1.807, 2.05) is 54.6 Å². The van der Waals surface area contributed by atoms with E-state index < -0.39 is 9.84 Å². The molecule has 0 radical (unpaired) electrons. The van der Waals surface area contributed by atoms with E-state index in [1.165, 1.54) is 0 Å². The lowest BCUT2D eigenvalue weighted by atomic mass is 10.1. The van der Waals surface area contributed by atoms with Gasteiger partial charge in [-0.1, -0.05) is 35.9 Å². The molecular formula is C21H21ClN2O4S. The molecule has 1 saturated heterocycles. The standard InChI is InChI=1S/C21H21ClN2O4S/c1-27-20-5-3-2-4-18(20)24-19(15-6-8-16(22)9-7-15)14-21(23-24)28-17-10-12-29(25,26)13-11-17/h2-9,14,17H,10-13H2,1H3. The number of aromatic nitrogens is 2. The van der Waals surface area contributed by atoms with Crippen LogP contribution in [0.5, 0.6) is 11.6 Å². The second kappa shape index (κ2) is 8.08. The van der Waals surface area contributed by atoms with Gasteiger partial charge in [-0.25, -0.2) is 13.1 Å². The van der Waals surface area contributed by atoms with E-state index >= 15 is 0 Å². The lowest BCUT2D eigenvalue weighted by Gasteiger charge is -2.21. The molecule has 3 aromatic rings. The first-order chi connectivity index (χ1) is 13.9. The summed E-state index contributed by atoms with van der Waals surface area (Å²) >= 11 is 6.04. The lowest BCUT2D eigenvalue weighted by molar-refractivity contribution is 0.181. The number of rotatable bonds is 5. The Balaban J connectivity index is 1.72. The molecule has 1 fully saturated rings. The van der Waals surface area contributed by atoms with E-state index in [2.05, 4.69) is 5.10 Å². The van der Waals surface area contributed by atoms with Gasteiger partial charge >= 0.3 is 0 Å². The highest BCUT2D eigenvalue weighted by molar-refractivity contribution is 7.91. The Kier molecular flexibility index (Phi) is 5.52. The molecule has 0 N–H and O–H groups in total. The summed E-state index contributed by atoms with van der Waals surface area (Å²) in [7, 11) is -1.33. The molecule has 2 heterocycles. The van der Waals surface area contributed by atoms with Gasteiger partial charge in [0.15, 0.2) is 9.84 Å². The molecule has 0 saturated carbocycles. The van der Waals surface area contributed by atoms with Gasteiger partial charge in [0.2, 0.25) is 5.88 Å². The van der Waals surface area contributed by atoms with Crippen LogP contribution in [-0.2, 0) is 9.84 Å². The molecule has 2 aromatic carbocycles. The number of benzene rings is 2. The number of nitrogens with zero attached hydrogens (tertiary/aromatic N) is 2. The van der Waals surface area contributed by atoms with Gasteiger partial charge in [0.05, 0.1) is 24.3 Å². The van der Waals surface area contributed by atoms with Gasteiger partial charge in [-0.3, -0.25) is 0 Å². The van der Waals surface area contributed by atoms with Crippen molar-refractivity contribution in [1.29, 1.82) is 0 Å². The molecule has 0 aliphatic carbocycles. The van der Waals surface area contributed by atoms with Gasteiger partial charge in [-0.15, -0.1) is 5.10 Å². The molecule has 1 aromatic heterocycles. The van der Waals surface area contributed by atoms with Crippen LogP contribution in [0, 0.1) is 0 Å². The second-order valence-electron chi connectivity index (χ2n) is 6.93. The molecular weight excluding hydrogens is 412 g/mol. The topological polar surface area (TPSA) is 70.4 Å². The van der Waals surface area contributed by atoms with Crippen LogP contribution in [0.4, 0.5) is 0 Å². The van der Waals surface area contributed by atoms with E-state index in [9.17, 15) is 8.42 Å². The average Bonchev–Trinajstić information content (AvgIpc) is 3.13. The molecule has 29 heavy (non-hydrogen) atoms. The third-order valence-corrected chi connectivity index (χ3v) is 6.90. The van der Waals surface area contributed by atoms with Crippen LogP contribution >= 0.6 is 11.6 Å². The summed E-state index contributed by atoms with van der Waals surface area (Å²) in [6.45, 7) is 0. The zero-order valence-corrected chi connectivity index (χ0v) is 17.5. The molecule has 0 bridgehead atoms. The number of hydrogen-bond donors (Lipinski definition) is 0. The fourth-order valence-electron chi connectivity index (χ4n) is 3.39. The van der Waals surface area contributed by atoms with Crippen molar-refractivity contribution < 1.29 is 17.9 Å². The third kappa shape index (κ3) is 4.41.